The monoisotopic (exact) mass is 243 g/mol. The van der Waals surface area contributed by atoms with E-state index in [9.17, 15) is 8.78 Å². The summed E-state index contributed by atoms with van der Waals surface area (Å²) < 4.78 is 33.9. The summed E-state index contributed by atoms with van der Waals surface area (Å²) in [7, 11) is 0. The van der Waals surface area contributed by atoms with Crippen molar-refractivity contribution in [3.63, 3.8) is 0 Å². The predicted octanol–water partition coefficient (Wildman–Crippen LogP) is 2.74. The van der Waals surface area contributed by atoms with Gasteiger partial charge in [0.25, 0.3) is 0 Å². The number of rotatable bonds is 5. The highest BCUT2D eigenvalue weighted by Crippen LogP contribution is 2.30. The minimum atomic E-state index is -2.81. The number of anilines is 1. The fourth-order valence-electron chi connectivity index (χ4n) is 1.67. The van der Waals surface area contributed by atoms with E-state index < -0.39 is 6.61 Å². The van der Waals surface area contributed by atoms with E-state index in [0.717, 1.165) is 0 Å². The van der Waals surface area contributed by atoms with Crippen LogP contribution in [-0.2, 0) is 4.74 Å². The van der Waals surface area contributed by atoms with Crippen LogP contribution in [0.3, 0.4) is 0 Å². The molecule has 1 heterocycles. The lowest BCUT2D eigenvalue weighted by Gasteiger charge is -2.38. The number of halogens is 2. The number of benzene rings is 1. The number of hydrogen-bond donors (Lipinski definition) is 1. The summed E-state index contributed by atoms with van der Waals surface area (Å²) >= 11 is 0. The van der Waals surface area contributed by atoms with Crippen LogP contribution in [0.25, 0.3) is 0 Å². The molecule has 1 saturated heterocycles. The second kappa shape index (κ2) is 4.87. The highest BCUT2D eigenvalue weighted by Gasteiger charge is 2.33. The lowest BCUT2D eigenvalue weighted by Crippen LogP contribution is -2.45. The van der Waals surface area contributed by atoms with Crippen molar-refractivity contribution in [2.75, 3.05) is 25.1 Å². The Morgan fingerprint density at radius 3 is 2.71 bits per heavy atom. The molecule has 0 aromatic heterocycles. The molecule has 3 nitrogen and oxygen atoms in total. The SMILES string of the molecule is CC1(CNc2ccccc2OC(F)F)COC1. The van der Waals surface area contributed by atoms with Gasteiger partial charge in [-0.3, -0.25) is 0 Å². The van der Waals surface area contributed by atoms with Gasteiger partial charge in [-0.15, -0.1) is 0 Å². The molecule has 0 spiro atoms. The molecule has 1 aliphatic heterocycles. The van der Waals surface area contributed by atoms with Crippen molar-refractivity contribution in [1.82, 2.24) is 0 Å². The van der Waals surface area contributed by atoms with Gasteiger partial charge in [0.2, 0.25) is 0 Å². The molecule has 2 rings (SSSR count). The largest absolute Gasteiger partial charge is 0.433 e. The molecule has 0 atom stereocenters. The molecule has 0 bridgehead atoms. The van der Waals surface area contributed by atoms with Crippen molar-refractivity contribution >= 4 is 5.69 Å². The summed E-state index contributed by atoms with van der Waals surface area (Å²) in [6.07, 6.45) is 0. The van der Waals surface area contributed by atoms with Crippen LogP contribution in [0.1, 0.15) is 6.92 Å². The van der Waals surface area contributed by atoms with Crippen LogP contribution in [0.15, 0.2) is 24.3 Å². The van der Waals surface area contributed by atoms with Crippen molar-refractivity contribution in [2.24, 2.45) is 5.41 Å². The Bertz CT molecular complexity index is 381. The van der Waals surface area contributed by atoms with Crippen LogP contribution in [0, 0.1) is 5.41 Å². The lowest BCUT2D eigenvalue weighted by atomic mass is 9.88. The number of nitrogens with one attached hydrogen (secondary N) is 1. The van der Waals surface area contributed by atoms with Crippen LogP contribution >= 0.6 is 0 Å². The van der Waals surface area contributed by atoms with Gasteiger partial charge < -0.3 is 14.8 Å². The Kier molecular flexibility index (Phi) is 3.47. The van der Waals surface area contributed by atoms with Gasteiger partial charge in [0.05, 0.1) is 18.9 Å². The highest BCUT2D eigenvalue weighted by atomic mass is 19.3. The molecule has 1 aromatic rings. The second-order valence-electron chi connectivity index (χ2n) is 4.53. The molecule has 0 radical (unpaired) electrons. The fourth-order valence-corrected chi connectivity index (χ4v) is 1.67. The van der Waals surface area contributed by atoms with Gasteiger partial charge in [0.15, 0.2) is 0 Å². The topological polar surface area (TPSA) is 30.5 Å². The molecule has 0 amide bonds. The first-order chi connectivity index (χ1) is 8.09. The van der Waals surface area contributed by atoms with E-state index in [1.807, 2.05) is 0 Å². The summed E-state index contributed by atoms with van der Waals surface area (Å²) in [6, 6.07) is 6.69. The van der Waals surface area contributed by atoms with Crippen LogP contribution in [-0.4, -0.2) is 26.4 Å². The van der Waals surface area contributed by atoms with Crippen LogP contribution < -0.4 is 10.1 Å². The van der Waals surface area contributed by atoms with E-state index in [1.165, 1.54) is 6.07 Å². The van der Waals surface area contributed by atoms with E-state index in [4.69, 9.17) is 4.74 Å². The maximum absolute atomic E-state index is 12.2. The van der Waals surface area contributed by atoms with Gasteiger partial charge in [-0.05, 0) is 12.1 Å². The first-order valence-electron chi connectivity index (χ1n) is 5.45. The maximum atomic E-state index is 12.2. The smallest absolute Gasteiger partial charge is 0.387 e. The van der Waals surface area contributed by atoms with Crippen molar-refractivity contribution < 1.29 is 18.3 Å². The summed E-state index contributed by atoms with van der Waals surface area (Å²) in [5.74, 6) is 0.173. The Balaban J connectivity index is 1.99. The third kappa shape index (κ3) is 3.06. The van der Waals surface area contributed by atoms with Crippen LogP contribution in [0.4, 0.5) is 14.5 Å². The van der Waals surface area contributed by atoms with Gasteiger partial charge in [-0.25, -0.2) is 0 Å². The molecule has 17 heavy (non-hydrogen) atoms. The molecule has 0 aliphatic carbocycles. The quantitative estimate of drug-likeness (QED) is 0.862. The zero-order valence-electron chi connectivity index (χ0n) is 9.58. The zero-order valence-corrected chi connectivity index (χ0v) is 9.58. The van der Waals surface area contributed by atoms with Gasteiger partial charge >= 0.3 is 6.61 Å². The van der Waals surface area contributed by atoms with Crippen molar-refractivity contribution in [2.45, 2.75) is 13.5 Å². The maximum Gasteiger partial charge on any atom is 0.387 e. The third-order valence-corrected chi connectivity index (χ3v) is 2.71. The lowest BCUT2D eigenvalue weighted by molar-refractivity contribution is -0.0925. The van der Waals surface area contributed by atoms with Crippen LogP contribution in [0.2, 0.25) is 0 Å². The third-order valence-electron chi connectivity index (χ3n) is 2.71. The Morgan fingerprint density at radius 2 is 2.12 bits per heavy atom. The van der Waals surface area contributed by atoms with E-state index in [2.05, 4.69) is 17.0 Å². The molecule has 5 heteroatoms. The first kappa shape index (κ1) is 12.1. The average Bonchev–Trinajstić information content (AvgIpc) is 2.25. The van der Waals surface area contributed by atoms with Crippen LogP contribution in [0.5, 0.6) is 5.75 Å². The number of para-hydroxylation sites is 2. The van der Waals surface area contributed by atoms with Gasteiger partial charge in [0.1, 0.15) is 5.75 Å². The Hall–Kier alpha value is -1.36. The van der Waals surface area contributed by atoms with Gasteiger partial charge in [0, 0.05) is 12.0 Å². The second-order valence-corrected chi connectivity index (χ2v) is 4.53. The zero-order chi connectivity index (χ0) is 12.3. The molecule has 1 aromatic carbocycles. The summed E-state index contributed by atoms with van der Waals surface area (Å²) in [5.41, 5.74) is 0.665. The molecule has 1 N–H and O–H groups in total. The number of ether oxygens (including phenoxy) is 2. The normalized spacial score (nSPS) is 17.6. The molecular formula is C12H15F2NO2. The molecule has 1 fully saturated rings. The van der Waals surface area contributed by atoms with Crippen molar-refractivity contribution in [3.8, 4) is 5.75 Å². The number of alkyl halides is 2. The minimum Gasteiger partial charge on any atom is -0.433 e. The standard InChI is InChI=1S/C12H15F2NO2/c1-12(7-16-8-12)6-15-9-4-2-3-5-10(9)17-11(13)14/h2-5,11,15H,6-8H2,1H3. The minimum absolute atomic E-state index is 0.0813. The average molecular weight is 243 g/mol. The number of hydrogen-bond acceptors (Lipinski definition) is 3. The van der Waals surface area contributed by atoms with Crippen molar-refractivity contribution in [3.05, 3.63) is 24.3 Å². The Morgan fingerprint density at radius 1 is 1.41 bits per heavy atom. The summed E-state index contributed by atoms with van der Waals surface area (Å²) in [6.45, 7) is 1.34. The van der Waals surface area contributed by atoms with Gasteiger partial charge in [-0.1, -0.05) is 19.1 Å². The summed E-state index contributed by atoms with van der Waals surface area (Å²) in [4.78, 5) is 0. The molecule has 1 aliphatic rings. The molecule has 0 saturated carbocycles. The van der Waals surface area contributed by atoms with Crippen molar-refractivity contribution in [1.29, 1.82) is 0 Å². The Labute approximate surface area is 98.7 Å². The first-order valence-corrected chi connectivity index (χ1v) is 5.45. The molecule has 0 unspecified atom stereocenters. The van der Waals surface area contributed by atoms with E-state index in [0.29, 0.717) is 25.4 Å². The molecule has 94 valence electrons. The van der Waals surface area contributed by atoms with E-state index in [-0.39, 0.29) is 11.2 Å². The summed E-state index contributed by atoms with van der Waals surface area (Å²) in [5, 5.41) is 3.12. The molecular weight excluding hydrogens is 228 g/mol. The highest BCUT2D eigenvalue weighted by molar-refractivity contribution is 5.56. The predicted molar refractivity (Wildman–Crippen MR) is 60.5 cm³/mol. The van der Waals surface area contributed by atoms with E-state index in [1.54, 1.807) is 18.2 Å². The van der Waals surface area contributed by atoms with E-state index >= 15 is 0 Å². The van der Waals surface area contributed by atoms with Gasteiger partial charge in [-0.2, -0.15) is 8.78 Å². The fraction of sp³-hybridized carbons (Fsp3) is 0.500.